The fourth-order valence-electron chi connectivity index (χ4n) is 2.26. The normalized spacial score (nSPS) is 11.3. The van der Waals surface area contributed by atoms with E-state index in [1.165, 1.54) is 0 Å². The van der Waals surface area contributed by atoms with Crippen molar-refractivity contribution in [3.63, 3.8) is 0 Å². The molecule has 2 N–H and O–H groups in total. The van der Waals surface area contributed by atoms with Crippen molar-refractivity contribution in [2.75, 3.05) is 0 Å². The first-order valence-electron chi connectivity index (χ1n) is 6.31. The van der Waals surface area contributed by atoms with Crippen LogP contribution in [0.25, 0.3) is 22.2 Å². The molecule has 0 amide bonds. The molecule has 0 spiro atoms. The van der Waals surface area contributed by atoms with E-state index in [-0.39, 0.29) is 0 Å². The molecular formula is C13H10BrN7. The Kier molecular flexibility index (Phi) is 2.81. The van der Waals surface area contributed by atoms with Crippen molar-refractivity contribution in [1.29, 1.82) is 0 Å². The second-order valence-electron chi connectivity index (χ2n) is 4.62. The quantitative estimate of drug-likeness (QED) is 0.597. The van der Waals surface area contributed by atoms with Crippen LogP contribution >= 0.6 is 15.9 Å². The second-order valence-corrected chi connectivity index (χ2v) is 5.54. The van der Waals surface area contributed by atoms with Gasteiger partial charge < -0.3 is 4.98 Å². The molecule has 3 heterocycles. The van der Waals surface area contributed by atoms with Crippen LogP contribution in [0.2, 0.25) is 0 Å². The molecule has 21 heavy (non-hydrogen) atoms. The minimum Gasteiger partial charge on any atom is -0.347 e. The van der Waals surface area contributed by atoms with Gasteiger partial charge >= 0.3 is 0 Å². The van der Waals surface area contributed by atoms with Gasteiger partial charge in [0.05, 0.1) is 17.9 Å². The van der Waals surface area contributed by atoms with Crippen LogP contribution < -0.4 is 0 Å². The van der Waals surface area contributed by atoms with Gasteiger partial charge in [0.15, 0.2) is 0 Å². The van der Waals surface area contributed by atoms with Crippen molar-refractivity contribution in [3.05, 3.63) is 47.2 Å². The Morgan fingerprint density at radius 3 is 3.10 bits per heavy atom. The van der Waals surface area contributed by atoms with Crippen molar-refractivity contribution in [2.45, 2.75) is 6.54 Å². The summed E-state index contributed by atoms with van der Waals surface area (Å²) in [6.07, 6.45) is 7.20. The number of H-pyrrole nitrogens is 2. The first-order chi connectivity index (χ1) is 10.3. The molecule has 0 atom stereocenters. The molecule has 0 bridgehead atoms. The van der Waals surface area contributed by atoms with E-state index in [1.807, 2.05) is 18.3 Å². The van der Waals surface area contributed by atoms with Gasteiger partial charge in [-0.3, -0.25) is 5.10 Å². The topological polar surface area (TPSA) is 88.1 Å². The lowest BCUT2D eigenvalue weighted by molar-refractivity contribution is 0.629. The van der Waals surface area contributed by atoms with Gasteiger partial charge in [-0.15, -0.1) is 5.10 Å². The number of fused-ring (bicyclic) bond motifs is 1. The largest absolute Gasteiger partial charge is 0.347 e. The molecule has 0 saturated heterocycles. The fraction of sp³-hybridized carbons (Fsp3) is 0.0769. The molecule has 0 unspecified atom stereocenters. The number of benzene rings is 1. The number of nitrogens with one attached hydrogen (secondary N) is 2. The van der Waals surface area contributed by atoms with Gasteiger partial charge in [0.1, 0.15) is 18.1 Å². The predicted molar refractivity (Wildman–Crippen MR) is 80.5 cm³/mol. The number of hydrogen-bond donors (Lipinski definition) is 2. The third kappa shape index (κ3) is 2.23. The first kappa shape index (κ1) is 12.3. The molecule has 7 nitrogen and oxygen atoms in total. The number of imidazole rings is 1. The van der Waals surface area contributed by atoms with Crippen molar-refractivity contribution in [1.82, 2.24) is 35.2 Å². The lowest BCUT2D eigenvalue weighted by Gasteiger charge is -2.00. The average molecular weight is 344 g/mol. The van der Waals surface area contributed by atoms with Gasteiger partial charge in [0, 0.05) is 27.8 Å². The molecule has 3 aromatic heterocycles. The van der Waals surface area contributed by atoms with Crippen LogP contribution in [0.15, 0.2) is 41.4 Å². The van der Waals surface area contributed by atoms with E-state index in [0.29, 0.717) is 6.54 Å². The van der Waals surface area contributed by atoms with E-state index < -0.39 is 0 Å². The van der Waals surface area contributed by atoms with E-state index in [4.69, 9.17) is 0 Å². The maximum atomic E-state index is 4.25. The molecule has 0 aliphatic rings. The molecular weight excluding hydrogens is 334 g/mol. The lowest BCUT2D eigenvalue weighted by Crippen LogP contribution is -2.01. The summed E-state index contributed by atoms with van der Waals surface area (Å²) in [5.74, 6) is 0.842. The number of halogens is 1. The van der Waals surface area contributed by atoms with Gasteiger partial charge in [-0.1, -0.05) is 21.1 Å². The van der Waals surface area contributed by atoms with Crippen LogP contribution in [0.3, 0.4) is 0 Å². The summed E-state index contributed by atoms with van der Waals surface area (Å²) < 4.78 is 2.72. The number of aromatic nitrogens is 7. The van der Waals surface area contributed by atoms with Gasteiger partial charge in [-0.2, -0.15) is 5.10 Å². The standard InChI is InChI=1S/C13H10BrN7/c14-8-3-9(10-5-17-18-11(10)4-8)12-6-21(20-19-12)7-13-15-1-2-16-13/h1-6H,7H2,(H,15,16)(H,17,18). The smallest absolute Gasteiger partial charge is 0.127 e. The zero-order valence-electron chi connectivity index (χ0n) is 10.8. The van der Waals surface area contributed by atoms with E-state index in [9.17, 15) is 0 Å². The molecule has 0 saturated carbocycles. The van der Waals surface area contributed by atoms with Crippen LogP contribution in [0.5, 0.6) is 0 Å². The molecule has 1 aromatic carbocycles. The zero-order valence-corrected chi connectivity index (χ0v) is 12.4. The maximum absolute atomic E-state index is 4.25. The highest BCUT2D eigenvalue weighted by Gasteiger charge is 2.11. The third-order valence-corrected chi connectivity index (χ3v) is 3.66. The molecule has 8 heteroatoms. The summed E-state index contributed by atoms with van der Waals surface area (Å²) in [5.41, 5.74) is 2.74. The molecule has 0 radical (unpaired) electrons. The van der Waals surface area contributed by atoms with Gasteiger partial charge in [0.2, 0.25) is 0 Å². The molecule has 0 fully saturated rings. The number of nitrogens with zero attached hydrogens (tertiary/aromatic N) is 5. The summed E-state index contributed by atoms with van der Waals surface area (Å²) >= 11 is 3.50. The molecule has 4 aromatic rings. The van der Waals surface area contributed by atoms with E-state index in [1.54, 1.807) is 23.3 Å². The van der Waals surface area contributed by atoms with Gasteiger partial charge in [-0.05, 0) is 12.1 Å². The second kappa shape index (κ2) is 4.81. The fourth-order valence-corrected chi connectivity index (χ4v) is 2.72. The summed E-state index contributed by atoms with van der Waals surface area (Å²) in [6, 6.07) is 4.00. The Morgan fingerprint density at radius 1 is 1.29 bits per heavy atom. The highest BCUT2D eigenvalue weighted by Crippen LogP contribution is 2.29. The Hall–Kier alpha value is -2.48. The predicted octanol–water partition coefficient (Wildman–Crippen LogP) is 2.36. The minimum absolute atomic E-state index is 0.558. The van der Waals surface area contributed by atoms with Crippen LogP contribution in [0.1, 0.15) is 5.82 Å². The van der Waals surface area contributed by atoms with Crippen molar-refractivity contribution >= 4 is 26.8 Å². The molecule has 104 valence electrons. The minimum atomic E-state index is 0.558. The zero-order chi connectivity index (χ0) is 14.2. The van der Waals surface area contributed by atoms with Crippen molar-refractivity contribution in [2.24, 2.45) is 0 Å². The summed E-state index contributed by atoms with van der Waals surface area (Å²) in [5, 5.41) is 16.5. The van der Waals surface area contributed by atoms with Crippen molar-refractivity contribution < 1.29 is 0 Å². The Bertz CT molecular complexity index is 890. The summed E-state index contributed by atoms with van der Waals surface area (Å²) in [7, 11) is 0. The maximum Gasteiger partial charge on any atom is 0.127 e. The number of rotatable bonds is 3. The first-order valence-corrected chi connectivity index (χ1v) is 7.10. The van der Waals surface area contributed by atoms with Crippen LogP contribution in [-0.2, 0) is 6.54 Å². The number of hydrogen-bond acceptors (Lipinski definition) is 4. The van der Waals surface area contributed by atoms with Crippen LogP contribution in [0.4, 0.5) is 0 Å². The SMILES string of the molecule is Brc1cc(-c2cn(Cc3ncc[nH]3)nn2)c2cn[nH]c2c1. The van der Waals surface area contributed by atoms with Gasteiger partial charge in [0.25, 0.3) is 0 Å². The van der Waals surface area contributed by atoms with E-state index in [0.717, 1.165) is 32.5 Å². The Morgan fingerprint density at radius 2 is 2.24 bits per heavy atom. The monoisotopic (exact) mass is 343 g/mol. The summed E-state index contributed by atoms with van der Waals surface area (Å²) in [6.45, 7) is 0.558. The number of aromatic amines is 2. The molecule has 0 aliphatic carbocycles. The van der Waals surface area contributed by atoms with Crippen molar-refractivity contribution in [3.8, 4) is 11.3 Å². The Balaban J connectivity index is 1.75. The third-order valence-electron chi connectivity index (χ3n) is 3.20. The van der Waals surface area contributed by atoms with Gasteiger partial charge in [-0.25, -0.2) is 9.67 Å². The lowest BCUT2D eigenvalue weighted by atomic mass is 10.1. The summed E-state index contributed by atoms with van der Waals surface area (Å²) in [4.78, 5) is 7.23. The van der Waals surface area contributed by atoms with E-state index >= 15 is 0 Å². The highest BCUT2D eigenvalue weighted by molar-refractivity contribution is 9.10. The Labute approximate surface area is 127 Å². The highest BCUT2D eigenvalue weighted by atomic mass is 79.9. The average Bonchev–Trinajstić information content (AvgIpc) is 3.18. The molecule has 4 rings (SSSR count). The van der Waals surface area contributed by atoms with Crippen LogP contribution in [-0.4, -0.2) is 35.2 Å². The van der Waals surface area contributed by atoms with E-state index in [2.05, 4.69) is 46.4 Å². The molecule has 0 aliphatic heterocycles. The van der Waals surface area contributed by atoms with Crippen LogP contribution in [0, 0.1) is 0 Å².